The average molecular weight is 269 g/mol. The Labute approximate surface area is 117 Å². The van der Waals surface area contributed by atoms with Crippen LogP contribution in [0.4, 0.5) is 4.79 Å². The van der Waals surface area contributed by atoms with Crippen molar-refractivity contribution in [3.8, 4) is 0 Å². The van der Waals surface area contributed by atoms with Crippen LogP contribution in [0.1, 0.15) is 47.5 Å². The second kappa shape index (κ2) is 7.10. The van der Waals surface area contributed by atoms with Crippen molar-refractivity contribution in [2.45, 2.75) is 65.1 Å². The zero-order chi connectivity index (χ0) is 14.5. The lowest BCUT2D eigenvalue weighted by atomic mass is 10.0. The van der Waals surface area contributed by atoms with Crippen LogP contribution in [0.15, 0.2) is 0 Å². The molecule has 0 aromatic rings. The zero-order valence-electron chi connectivity index (χ0n) is 12.7. The summed E-state index contributed by atoms with van der Waals surface area (Å²) in [4.78, 5) is 13.9. The molecule has 0 bridgehead atoms. The number of nitrogens with one attached hydrogen (secondary N) is 2. The molecule has 0 aromatic carbocycles. The minimum absolute atomic E-state index is 0.380. The highest BCUT2D eigenvalue weighted by atomic mass is 16.6. The summed E-state index contributed by atoms with van der Waals surface area (Å²) in [5.74, 6) is 0. The number of ether oxygens (including phenoxy) is 1. The molecule has 5 nitrogen and oxygen atoms in total. The van der Waals surface area contributed by atoms with E-state index in [-0.39, 0.29) is 0 Å². The summed E-state index contributed by atoms with van der Waals surface area (Å²) in [5.41, 5.74) is -0.478. The Hall–Kier alpha value is -0.810. The second-order valence-electron chi connectivity index (χ2n) is 6.30. The van der Waals surface area contributed by atoms with Gasteiger partial charge in [-0.2, -0.15) is 0 Å². The molecule has 5 heteroatoms. The van der Waals surface area contributed by atoms with E-state index >= 15 is 0 Å². The fourth-order valence-electron chi connectivity index (χ4n) is 2.05. The Morgan fingerprint density at radius 3 is 2.37 bits per heavy atom. The van der Waals surface area contributed by atoms with Crippen molar-refractivity contribution in [3.05, 3.63) is 6.67 Å². The van der Waals surface area contributed by atoms with Crippen LogP contribution in [-0.2, 0) is 4.74 Å². The van der Waals surface area contributed by atoms with E-state index in [4.69, 9.17) is 4.74 Å². The summed E-state index contributed by atoms with van der Waals surface area (Å²) in [6.07, 6.45) is 1.67. The Morgan fingerprint density at radius 1 is 1.32 bits per heavy atom. The molecule has 2 radical (unpaired) electrons. The highest BCUT2D eigenvalue weighted by Crippen LogP contribution is 2.13. The number of carbonyl (C=O) groups is 1. The molecule has 1 fully saturated rings. The molecule has 0 saturated carbocycles. The lowest BCUT2D eigenvalue weighted by Crippen LogP contribution is -2.46. The molecule has 19 heavy (non-hydrogen) atoms. The summed E-state index contributed by atoms with van der Waals surface area (Å²) in [5, 5.41) is 5.59. The molecule has 1 aliphatic rings. The summed E-state index contributed by atoms with van der Waals surface area (Å²) < 4.78 is 5.11. The Kier molecular flexibility index (Phi) is 6.07. The Morgan fingerprint density at radius 2 is 1.89 bits per heavy atom. The minimum Gasteiger partial charge on any atom is -0.444 e. The third kappa shape index (κ3) is 6.78. The molecule has 1 rings (SSSR count). The van der Waals surface area contributed by atoms with Crippen molar-refractivity contribution in [3.63, 3.8) is 0 Å². The molecular weight excluding hydrogens is 242 g/mol. The lowest BCUT2D eigenvalue weighted by Gasteiger charge is -2.34. The first-order valence-electron chi connectivity index (χ1n) is 7.01. The van der Waals surface area contributed by atoms with Gasteiger partial charge >= 0.3 is 6.09 Å². The quantitative estimate of drug-likeness (QED) is 0.766. The van der Waals surface area contributed by atoms with Crippen LogP contribution in [0.2, 0.25) is 0 Å². The minimum atomic E-state index is -0.478. The largest absolute Gasteiger partial charge is 0.444 e. The van der Waals surface area contributed by atoms with E-state index in [1.54, 1.807) is 0 Å². The first-order chi connectivity index (χ1) is 8.78. The fraction of sp³-hybridized carbons (Fsp3) is 0.857. The van der Waals surface area contributed by atoms with Gasteiger partial charge in [-0.3, -0.25) is 10.6 Å². The van der Waals surface area contributed by atoms with Crippen LogP contribution >= 0.6 is 0 Å². The maximum atomic E-state index is 11.4. The SMILES string of the molecule is CC(C)N1CCC(N[C]NC(=O)OC(C)(C)C)CC1. The van der Waals surface area contributed by atoms with Gasteiger partial charge in [-0.15, -0.1) is 0 Å². The molecule has 0 atom stereocenters. The van der Waals surface area contributed by atoms with Crippen molar-refractivity contribution >= 4 is 6.09 Å². The predicted molar refractivity (Wildman–Crippen MR) is 75.5 cm³/mol. The van der Waals surface area contributed by atoms with E-state index in [0.717, 1.165) is 25.9 Å². The zero-order valence-corrected chi connectivity index (χ0v) is 12.7. The van der Waals surface area contributed by atoms with Crippen LogP contribution in [0.25, 0.3) is 0 Å². The molecule has 1 saturated heterocycles. The van der Waals surface area contributed by atoms with E-state index in [1.165, 1.54) is 0 Å². The number of alkyl carbamates (subject to hydrolysis) is 1. The summed E-state index contributed by atoms with van der Waals surface area (Å²) in [7, 11) is 0. The molecule has 1 amide bonds. The number of hydrogen-bond donors (Lipinski definition) is 2. The normalized spacial score (nSPS) is 18.6. The number of hydrogen-bond acceptors (Lipinski definition) is 4. The number of amides is 1. The standard InChI is InChI=1S/C14H27N3O2/c1-11(2)17-8-6-12(7-9-17)15-10-16-13(18)19-14(3,4)5/h11-12,15H,6-9H2,1-5H3,(H,16,18). The molecule has 0 unspecified atom stereocenters. The van der Waals surface area contributed by atoms with Crippen LogP contribution in [0.3, 0.4) is 0 Å². The summed E-state index contributed by atoms with van der Waals surface area (Å²) in [6, 6.07) is 0.985. The van der Waals surface area contributed by atoms with Crippen LogP contribution in [0.5, 0.6) is 0 Å². The highest BCUT2D eigenvalue weighted by molar-refractivity contribution is 5.68. The second-order valence-corrected chi connectivity index (χ2v) is 6.30. The van der Waals surface area contributed by atoms with Crippen molar-refractivity contribution in [2.75, 3.05) is 13.1 Å². The Balaban J connectivity index is 2.13. The molecule has 2 N–H and O–H groups in total. The van der Waals surface area contributed by atoms with E-state index in [2.05, 4.69) is 36.0 Å². The molecule has 1 heterocycles. The smallest absolute Gasteiger partial charge is 0.409 e. The summed E-state index contributed by atoms with van der Waals surface area (Å²) >= 11 is 0. The van der Waals surface area contributed by atoms with Gasteiger partial charge in [0, 0.05) is 12.1 Å². The van der Waals surface area contributed by atoms with E-state index in [9.17, 15) is 4.79 Å². The maximum absolute atomic E-state index is 11.4. The van der Waals surface area contributed by atoms with E-state index in [0.29, 0.717) is 12.1 Å². The van der Waals surface area contributed by atoms with Gasteiger partial charge in [0.1, 0.15) is 5.60 Å². The van der Waals surface area contributed by atoms with Crippen LogP contribution < -0.4 is 10.6 Å². The third-order valence-corrected chi connectivity index (χ3v) is 3.10. The van der Waals surface area contributed by atoms with Gasteiger partial charge in [-0.05, 0) is 60.5 Å². The fourth-order valence-corrected chi connectivity index (χ4v) is 2.05. The van der Waals surface area contributed by atoms with Gasteiger partial charge in [0.15, 0.2) is 6.67 Å². The average Bonchev–Trinajstić information content (AvgIpc) is 2.27. The monoisotopic (exact) mass is 269 g/mol. The molecule has 110 valence electrons. The summed E-state index contributed by atoms with van der Waals surface area (Å²) in [6.45, 7) is 14.8. The van der Waals surface area contributed by atoms with Gasteiger partial charge in [0.05, 0.1) is 0 Å². The number of carbonyl (C=O) groups excluding carboxylic acids is 1. The molecule has 0 aromatic heterocycles. The first kappa shape index (κ1) is 16.2. The van der Waals surface area contributed by atoms with Gasteiger partial charge in [0.2, 0.25) is 0 Å². The van der Waals surface area contributed by atoms with Crippen LogP contribution in [-0.4, -0.2) is 41.8 Å². The van der Waals surface area contributed by atoms with Crippen molar-refractivity contribution in [1.82, 2.24) is 15.5 Å². The number of nitrogens with zero attached hydrogens (tertiary/aromatic N) is 1. The van der Waals surface area contributed by atoms with Crippen molar-refractivity contribution in [1.29, 1.82) is 0 Å². The predicted octanol–water partition coefficient (Wildman–Crippen LogP) is 1.97. The number of rotatable bonds is 4. The van der Waals surface area contributed by atoms with Crippen molar-refractivity contribution in [2.24, 2.45) is 0 Å². The third-order valence-electron chi connectivity index (χ3n) is 3.10. The molecule has 0 aliphatic carbocycles. The van der Waals surface area contributed by atoms with Gasteiger partial charge < -0.3 is 9.64 Å². The van der Waals surface area contributed by atoms with E-state index < -0.39 is 11.7 Å². The molecular formula is C14H27N3O2. The van der Waals surface area contributed by atoms with Gasteiger partial charge in [-0.1, -0.05) is 0 Å². The number of piperidine rings is 1. The van der Waals surface area contributed by atoms with Gasteiger partial charge in [0.25, 0.3) is 0 Å². The maximum Gasteiger partial charge on any atom is 0.409 e. The molecule has 0 spiro atoms. The van der Waals surface area contributed by atoms with Gasteiger partial charge in [-0.25, -0.2) is 4.79 Å². The van der Waals surface area contributed by atoms with Crippen LogP contribution in [0, 0.1) is 6.67 Å². The van der Waals surface area contributed by atoms with E-state index in [1.807, 2.05) is 20.8 Å². The first-order valence-corrected chi connectivity index (χ1v) is 7.01. The Bertz CT molecular complexity index is 279. The number of likely N-dealkylation sites (tertiary alicyclic amines) is 1. The topological polar surface area (TPSA) is 53.6 Å². The highest BCUT2D eigenvalue weighted by Gasteiger charge is 2.21. The molecule has 1 aliphatic heterocycles. The van der Waals surface area contributed by atoms with Crippen molar-refractivity contribution < 1.29 is 9.53 Å². The lowest BCUT2D eigenvalue weighted by molar-refractivity contribution is 0.0537.